The van der Waals surface area contributed by atoms with Gasteiger partial charge in [0.1, 0.15) is 11.3 Å². The number of ether oxygens (including phenoxy) is 2. The molecule has 0 saturated heterocycles. The Kier molecular flexibility index (Phi) is 4.80. The maximum Gasteiger partial charge on any atom is 0.341 e. The standard InChI is InChI=1S/C21H20O3/c1-23-20-14-16(10-12-19(20)21(22)24-2)8-7-15-9-11-17-5-3-4-6-18(17)13-15/h3-6,9-14H,7-8H2,1-2H3. The van der Waals surface area contributed by atoms with E-state index in [0.717, 1.165) is 18.4 Å². The molecule has 0 unspecified atom stereocenters. The molecule has 3 rings (SSSR count). The lowest BCUT2D eigenvalue weighted by Crippen LogP contribution is -2.04. The van der Waals surface area contributed by atoms with Gasteiger partial charge in [0, 0.05) is 0 Å². The molecular weight excluding hydrogens is 300 g/mol. The predicted octanol–water partition coefficient (Wildman–Crippen LogP) is 4.42. The molecule has 0 aliphatic carbocycles. The van der Waals surface area contributed by atoms with Gasteiger partial charge in [-0.25, -0.2) is 4.79 Å². The molecule has 0 heterocycles. The van der Waals surface area contributed by atoms with E-state index in [1.807, 2.05) is 12.1 Å². The van der Waals surface area contributed by atoms with Gasteiger partial charge in [0.15, 0.2) is 0 Å². The van der Waals surface area contributed by atoms with Gasteiger partial charge >= 0.3 is 5.97 Å². The normalized spacial score (nSPS) is 10.6. The van der Waals surface area contributed by atoms with Gasteiger partial charge in [0.25, 0.3) is 0 Å². The molecule has 0 N–H and O–H groups in total. The molecule has 3 aromatic rings. The molecule has 3 heteroatoms. The zero-order valence-corrected chi connectivity index (χ0v) is 13.9. The highest BCUT2D eigenvalue weighted by atomic mass is 16.5. The van der Waals surface area contributed by atoms with Crippen LogP contribution in [0.2, 0.25) is 0 Å². The Labute approximate surface area is 141 Å². The van der Waals surface area contributed by atoms with E-state index in [0.29, 0.717) is 11.3 Å². The zero-order valence-electron chi connectivity index (χ0n) is 13.9. The van der Waals surface area contributed by atoms with Crippen molar-refractivity contribution in [2.24, 2.45) is 0 Å². The third-order valence-electron chi connectivity index (χ3n) is 4.19. The maximum atomic E-state index is 11.7. The predicted molar refractivity (Wildman–Crippen MR) is 95.7 cm³/mol. The number of benzene rings is 3. The quantitative estimate of drug-likeness (QED) is 0.653. The number of hydrogen-bond donors (Lipinski definition) is 0. The minimum absolute atomic E-state index is 0.382. The van der Waals surface area contributed by atoms with Gasteiger partial charge in [-0.05, 0) is 46.9 Å². The fourth-order valence-corrected chi connectivity index (χ4v) is 2.85. The Hall–Kier alpha value is -2.81. The van der Waals surface area contributed by atoms with Crippen LogP contribution >= 0.6 is 0 Å². The van der Waals surface area contributed by atoms with Crippen molar-refractivity contribution in [1.82, 2.24) is 0 Å². The van der Waals surface area contributed by atoms with Crippen molar-refractivity contribution in [3.8, 4) is 5.75 Å². The molecule has 24 heavy (non-hydrogen) atoms. The van der Waals surface area contributed by atoms with Crippen molar-refractivity contribution in [2.45, 2.75) is 12.8 Å². The van der Waals surface area contributed by atoms with E-state index >= 15 is 0 Å². The summed E-state index contributed by atoms with van der Waals surface area (Å²) < 4.78 is 10.1. The first-order valence-corrected chi connectivity index (χ1v) is 7.94. The van der Waals surface area contributed by atoms with Gasteiger partial charge in [0.05, 0.1) is 14.2 Å². The summed E-state index contributed by atoms with van der Waals surface area (Å²) in [6.45, 7) is 0. The van der Waals surface area contributed by atoms with E-state index in [1.165, 1.54) is 23.4 Å². The van der Waals surface area contributed by atoms with Crippen LogP contribution in [-0.4, -0.2) is 20.2 Å². The van der Waals surface area contributed by atoms with Gasteiger partial charge in [-0.3, -0.25) is 0 Å². The van der Waals surface area contributed by atoms with Gasteiger partial charge < -0.3 is 9.47 Å². The summed E-state index contributed by atoms with van der Waals surface area (Å²) in [6.07, 6.45) is 1.82. The van der Waals surface area contributed by atoms with Crippen LogP contribution in [0.15, 0.2) is 60.7 Å². The number of rotatable bonds is 5. The number of carbonyl (C=O) groups is 1. The molecule has 0 aliphatic heterocycles. The van der Waals surface area contributed by atoms with Crippen molar-refractivity contribution >= 4 is 16.7 Å². The van der Waals surface area contributed by atoms with E-state index in [-0.39, 0.29) is 5.97 Å². The highest BCUT2D eigenvalue weighted by Crippen LogP contribution is 2.23. The van der Waals surface area contributed by atoms with E-state index in [2.05, 4.69) is 42.5 Å². The van der Waals surface area contributed by atoms with Gasteiger partial charge in [-0.2, -0.15) is 0 Å². The minimum Gasteiger partial charge on any atom is -0.496 e. The number of aryl methyl sites for hydroxylation is 2. The number of esters is 1. The van der Waals surface area contributed by atoms with Crippen molar-refractivity contribution < 1.29 is 14.3 Å². The SMILES string of the molecule is COC(=O)c1ccc(CCc2ccc3ccccc3c2)cc1OC. The van der Waals surface area contributed by atoms with E-state index < -0.39 is 0 Å². The van der Waals surface area contributed by atoms with E-state index in [1.54, 1.807) is 13.2 Å². The van der Waals surface area contributed by atoms with Crippen molar-refractivity contribution in [2.75, 3.05) is 14.2 Å². The Morgan fingerprint density at radius 3 is 2.21 bits per heavy atom. The first-order chi connectivity index (χ1) is 11.7. The first-order valence-electron chi connectivity index (χ1n) is 7.94. The van der Waals surface area contributed by atoms with Crippen molar-refractivity contribution in [3.05, 3.63) is 77.4 Å². The summed E-state index contributed by atoms with van der Waals surface area (Å²) in [6, 6.07) is 20.6. The number of methoxy groups -OCH3 is 2. The molecular formula is C21H20O3. The van der Waals surface area contributed by atoms with Crippen LogP contribution in [-0.2, 0) is 17.6 Å². The van der Waals surface area contributed by atoms with Crippen LogP contribution in [0.25, 0.3) is 10.8 Å². The molecule has 0 atom stereocenters. The monoisotopic (exact) mass is 320 g/mol. The fourth-order valence-electron chi connectivity index (χ4n) is 2.85. The average molecular weight is 320 g/mol. The summed E-state index contributed by atoms with van der Waals surface area (Å²) in [5.74, 6) is 0.172. The third kappa shape index (κ3) is 3.40. The lowest BCUT2D eigenvalue weighted by Gasteiger charge is -2.10. The molecule has 0 spiro atoms. The maximum absolute atomic E-state index is 11.7. The molecule has 0 saturated carbocycles. The highest BCUT2D eigenvalue weighted by molar-refractivity contribution is 5.92. The molecule has 0 radical (unpaired) electrons. The largest absolute Gasteiger partial charge is 0.496 e. The second-order valence-electron chi connectivity index (χ2n) is 5.71. The molecule has 0 fully saturated rings. The van der Waals surface area contributed by atoms with Gasteiger partial charge in [-0.15, -0.1) is 0 Å². The second-order valence-corrected chi connectivity index (χ2v) is 5.71. The second kappa shape index (κ2) is 7.18. The lowest BCUT2D eigenvalue weighted by atomic mass is 10.00. The van der Waals surface area contributed by atoms with Crippen LogP contribution in [0.3, 0.4) is 0 Å². The summed E-state index contributed by atoms with van der Waals surface area (Å²) in [5.41, 5.74) is 2.88. The topological polar surface area (TPSA) is 35.5 Å². The average Bonchev–Trinajstić information content (AvgIpc) is 2.65. The molecule has 3 aromatic carbocycles. The highest BCUT2D eigenvalue weighted by Gasteiger charge is 2.13. The molecule has 0 amide bonds. The van der Waals surface area contributed by atoms with Crippen LogP contribution in [0.5, 0.6) is 5.75 Å². The van der Waals surface area contributed by atoms with Crippen LogP contribution < -0.4 is 4.74 Å². The smallest absolute Gasteiger partial charge is 0.341 e. The van der Waals surface area contributed by atoms with Crippen LogP contribution in [0, 0.1) is 0 Å². The molecule has 0 aromatic heterocycles. The molecule has 0 aliphatic rings. The van der Waals surface area contributed by atoms with Crippen molar-refractivity contribution in [1.29, 1.82) is 0 Å². The summed E-state index contributed by atoms with van der Waals surface area (Å²) in [7, 11) is 2.93. The van der Waals surface area contributed by atoms with Crippen LogP contribution in [0.4, 0.5) is 0 Å². The molecule has 122 valence electrons. The first kappa shape index (κ1) is 16.1. The fraction of sp³-hybridized carbons (Fsp3) is 0.190. The number of carbonyl (C=O) groups excluding carboxylic acids is 1. The third-order valence-corrected chi connectivity index (χ3v) is 4.19. The molecule has 3 nitrogen and oxygen atoms in total. The Balaban J connectivity index is 1.76. The Morgan fingerprint density at radius 1 is 0.833 bits per heavy atom. The van der Waals surface area contributed by atoms with E-state index in [4.69, 9.17) is 9.47 Å². The summed E-state index contributed by atoms with van der Waals surface area (Å²) in [5, 5.41) is 2.51. The number of hydrogen-bond acceptors (Lipinski definition) is 3. The summed E-state index contributed by atoms with van der Waals surface area (Å²) in [4.78, 5) is 11.7. The van der Waals surface area contributed by atoms with Gasteiger partial charge in [0.2, 0.25) is 0 Å². The van der Waals surface area contributed by atoms with Crippen LogP contribution in [0.1, 0.15) is 21.5 Å². The zero-order chi connectivity index (χ0) is 16.9. The Morgan fingerprint density at radius 2 is 1.50 bits per heavy atom. The summed E-state index contributed by atoms with van der Waals surface area (Å²) >= 11 is 0. The lowest BCUT2D eigenvalue weighted by molar-refractivity contribution is 0.0597. The minimum atomic E-state index is -0.382. The Bertz CT molecular complexity index is 868. The van der Waals surface area contributed by atoms with E-state index in [9.17, 15) is 4.79 Å². The number of fused-ring (bicyclic) bond motifs is 1. The molecule has 0 bridgehead atoms. The van der Waals surface area contributed by atoms with Gasteiger partial charge in [-0.1, -0.05) is 48.5 Å². The van der Waals surface area contributed by atoms with Crippen molar-refractivity contribution in [3.63, 3.8) is 0 Å².